The quantitative estimate of drug-likeness (QED) is 0.638. The van der Waals surface area contributed by atoms with E-state index in [1.165, 1.54) is 32.2 Å². The van der Waals surface area contributed by atoms with Gasteiger partial charge in [-0.25, -0.2) is 17.9 Å². The van der Waals surface area contributed by atoms with Gasteiger partial charge in [0.1, 0.15) is 0 Å². The molecule has 2 rings (SSSR count). The lowest BCUT2D eigenvalue weighted by Gasteiger charge is -2.17. The number of halogens is 4. The molecular weight excluding hydrogens is 449 g/mol. The molecule has 0 spiro atoms. The van der Waals surface area contributed by atoms with Crippen molar-refractivity contribution in [3.8, 4) is 0 Å². The van der Waals surface area contributed by atoms with Gasteiger partial charge < -0.3 is 10.1 Å². The van der Waals surface area contributed by atoms with Crippen LogP contribution in [0.25, 0.3) is 0 Å². The Kier molecular flexibility index (Phi) is 7.11. The molecule has 7 nitrogen and oxygen atoms in total. The summed E-state index contributed by atoms with van der Waals surface area (Å²) >= 11 is 5.58. The first kappa shape index (κ1) is 23.6. The Hall–Kier alpha value is -2.63. The van der Waals surface area contributed by atoms with Crippen LogP contribution >= 0.6 is 11.6 Å². The third kappa shape index (κ3) is 5.71. The second-order valence-corrected chi connectivity index (χ2v) is 8.28. The number of hydrogen-bond acceptors (Lipinski definition) is 5. The van der Waals surface area contributed by atoms with Crippen molar-refractivity contribution in [2.24, 2.45) is 0 Å². The first-order chi connectivity index (χ1) is 13.8. The average Bonchev–Trinajstić information content (AvgIpc) is 2.68. The van der Waals surface area contributed by atoms with E-state index in [4.69, 9.17) is 16.3 Å². The Morgan fingerprint density at radius 1 is 1.10 bits per heavy atom. The van der Waals surface area contributed by atoms with Crippen molar-refractivity contribution in [2.45, 2.75) is 24.1 Å². The Balaban J connectivity index is 2.10. The van der Waals surface area contributed by atoms with Gasteiger partial charge >= 0.3 is 12.1 Å². The number of alkyl halides is 3. The standard InChI is InChI=1S/C18H16ClF3N2O5S/c1-10(16(25)24-15-8-5-12(19)9-14(15)18(20,21)22)29-17(26)11-3-6-13(7-4-11)30(27,28)23-2/h3-10,23H,1-2H3,(H,24,25). The summed E-state index contributed by atoms with van der Waals surface area (Å²) in [6.45, 7) is 1.18. The summed E-state index contributed by atoms with van der Waals surface area (Å²) in [5, 5.41) is 1.89. The van der Waals surface area contributed by atoms with Crippen molar-refractivity contribution in [3.63, 3.8) is 0 Å². The van der Waals surface area contributed by atoms with Gasteiger partial charge in [-0.1, -0.05) is 11.6 Å². The normalized spacial score (nSPS) is 12.9. The second-order valence-electron chi connectivity index (χ2n) is 5.96. The fraction of sp³-hybridized carbons (Fsp3) is 0.222. The summed E-state index contributed by atoms with van der Waals surface area (Å²) in [4.78, 5) is 24.3. The molecule has 0 fully saturated rings. The van der Waals surface area contributed by atoms with Gasteiger partial charge in [0.2, 0.25) is 10.0 Å². The van der Waals surface area contributed by atoms with E-state index in [0.717, 1.165) is 18.2 Å². The Morgan fingerprint density at radius 2 is 1.70 bits per heavy atom. The number of benzene rings is 2. The predicted octanol–water partition coefficient (Wildman–Crippen LogP) is 3.45. The van der Waals surface area contributed by atoms with E-state index in [1.807, 2.05) is 0 Å². The van der Waals surface area contributed by atoms with Crippen molar-refractivity contribution < 1.29 is 35.9 Å². The topological polar surface area (TPSA) is 102 Å². The lowest BCUT2D eigenvalue weighted by atomic mass is 10.1. The van der Waals surface area contributed by atoms with Crippen LogP contribution in [0.2, 0.25) is 5.02 Å². The summed E-state index contributed by atoms with van der Waals surface area (Å²) in [7, 11) is -2.47. The van der Waals surface area contributed by atoms with Crippen molar-refractivity contribution in [1.29, 1.82) is 0 Å². The van der Waals surface area contributed by atoms with Crippen LogP contribution in [-0.4, -0.2) is 33.4 Å². The van der Waals surface area contributed by atoms with Crippen molar-refractivity contribution in [1.82, 2.24) is 4.72 Å². The Labute approximate surface area is 175 Å². The van der Waals surface area contributed by atoms with Crippen LogP contribution in [0, 0.1) is 0 Å². The number of carbonyl (C=O) groups is 2. The maximum absolute atomic E-state index is 13.1. The van der Waals surface area contributed by atoms with E-state index >= 15 is 0 Å². The molecule has 0 aliphatic rings. The van der Waals surface area contributed by atoms with Gasteiger partial charge in [-0.3, -0.25) is 4.79 Å². The van der Waals surface area contributed by atoms with E-state index < -0.39 is 45.4 Å². The molecular formula is C18H16ClF3N2O5S. The molecule has 1 atom stereocenters. The van der Waals surface area contributed by atoms with E-state index in [9.17, 15) is 31.2 Å². The third-order valence-electron chi connectivity index (χ3n) is 3.87. The smallest absolute Gasteiger partial charge is 0.418 e. The Morgan fingerprint density at radius 3 is 2.23 bits per heavy atom. The van der Waals surface area contributed by atoms with Crippen LogP contribution in [0.15, 0.2) is 47.4 Å². The minimum atomic E-state index is -4.76. The zero-order valence-electron chi connectivity index (χ0n) is 15.6. The highest BCUT2D eigenvalue weighted by Crippen LogP contribution is 2.36. The number of rotatable bonds is 6. The third-order valence-corrected chi connectivity index (χ3v) is 5.53. The lowest BCUT2D eigenvalue weighted by Crippen LogP contribution is -2.30. The maximum atomic E-state index is 13.1. The van der Waals surface area contributed by atoms with E-state index in [-0.39, 0.29) is 15.5 Å². The molecule has 30 heavy (non-hydrogen) atoms. The summed E-state index contributed by atoms with van der Waals surface area (Å²) in [6, 6.07) is 7.50. The molecule has 0 heterocycles. The van der Waals surface area contributed by atoms with E-state index in [0.29, 0.717) is 6.07 Å². The number of nitrogens with one attached hydrogen (secondary N) is 2. The predicted molar refractivity (Wildman–Crippen MR) is 103 cm³/mol. The molecule has 0 aliphatic carbocycles. The minimum absolute atomic E-state index is 0.0489. The minimum Gasteiger partial charge on any atom is -0.449 e. The maximum Gasteiger partial charge on any atom is 0.418 e. The zero-order valence-corrected chi connectivity index (χ0v) is 17.2. The van der Waals surface area contributed by atoms with Gasteiger partial charge in [-0.05, 0) is 56.4 Å². The molecule has 2 aromatic carbocycles. The molecule has 1 unspecified atom stereocenters. The van der Waals surface area contributed by atoms with Crippen molar-refractivity contribution in [2.75, 3.05) is 12.4 Å². The molecule has 2 aromatic rings. The molecule has 12 heteroatoms. The first-order valence-electron chi connectivity index (χ1n) is 8.27. The van der Waals surface area contributed by atoms with Gasteiger partial charge in [0.05, 0.1) is 21.7 Å². The number of amides is 1. The highest BCUT2D eigenvalue weighted by molar-refractivity contribution is 7.89. The molecule has 1 amide bonds. The lowest BCUT2D eigenvalue weighted by molar-refractivity contribution is -0.137. The fourth-order valence-corrected chi connectivity index (χ4v) is 3.17. The number of sulfonamides is 1. The Bertz CT molecular complexity index is 1060. The molecule has 2 N–H and O–H groups in total. The average molecular weight is 465 g/mol. The summed E-state index contributed by atoms with van der Waals surface area (Å²) in [5.74, 6) is -1.95. The van der Waals surface area contributed by atoms with Gasteiger partial charge in [0.25, 0.3) is 5.91 Å². The van der Waals surface area contributed by atoms with Crippen molar-refractivity contribution >= 4 is 39.2 Å². The van der Waals surface area contributed by atoms with Crippen LogP contribution in [0.5, 0.6) is 0 Å². The van der Waals surface area contributed by atoms with Gasteiger partial charge in [0.15, 0.2) is 6.10 Å². The number of carbonyl (C=O) groups excluding carboxylic acids is 2. The molecule has 162 valence electrons. The fourth-order valence-electron chi connectivity index (χ4n) is 2.26. The number of anilines is 1. The van der Waals surface area contributed by atoms with Crippen molar-refractivity contribution in [3.05, 3.63) is 58.6 Å². The van der Waals surface area contributed by atoms with E-state index in [1.54, 1.807) is 0 Å². The number of ether oxygens (including phenoxy) is 1. The van der Waals surface area contributed by atoms with Crippen LogP contribution in [0.4, 0.5) is 18.9 Å². The largest absolute Gasteiger partial charge is 0.449 e. The molecule has 0 aliphatic heterocycles. The monoisotopic (exact) mass is 464 g/mol. The molecule has 0 saturated carbocycles. The highest BCUT2D eigenvalue weighted by Gasteiger charge is 2.34. The van der Waals surface area contributed by atoms with Crippen LogP contribution in [-0.2, 0) is 25.7 Å². The van der Waals surface area contributed by atoms with Gasteiger partial charge in [0, 0.05) is 5.02 Å². The molecule has 0 aromatic heterocycles. The zero-order chi connectivity index (χ0) is 22.7. The second kappa shape index (κ2) is 9.02. The van der Waals surface area contributed by atoms with Crippen LogP contribution < -0.4 is 10.0 Å². The summed E-state index contributed by atoms with van der Waals surface area (Å²) < 4.78 is 69.7. The summed E-state index contributed by atoms with van der Waals surface area (Å²) in [6.07, 6.45) is -6.20. The SMILES string of the molecule is CNS(=O)(=O)c1ccc(C(=O)OC(C)C(=O)Nc2ccc(Cl)cc2C(F)(F)F)cc1. The molecule has 0 bridgehead atoms. The van der Waals surface area contributed by atoms with E-state index in [2.05, 4.69) is 10.0 Å². The molecule has 0 radical (unpaired) electrons. The molecule has 0 saturated heterocycles. The van der Waals surface area contributed by atoms with Gasteiger partial charge in [-0.15, -0.1) is 0 Å². The van der Waals surface area contributed by atoms with Crippen LogP contribution in [0.3, 0.4) is 0 Å². The number of hydrogen-bond donors (Lipinski definition) is 2. The van der Waals surface area contributed by atoms with Crippen LogP contribution in [0.1, 0.15) is 22.8 Å². The first-order valence-corrected chi connectivity index (χ1v) is 10.1. The summed E-state index contributed by atoms with van der Waals surface area (Å²) in [5.41, 5.74) is -1.74. The number of esters is 1. The van der Waals surface area contributed by atoms with Gasteiger partial charge in [-0.2, -0.15) is 13.2 Å². The highest BCUT2D eigenvalue weighted by atomic mass is 35.5.